The van der Waals surface area contributed by atoms with Crippen LogP contribution in [0.25, 0.3) is 5.69 Å². The van der Waals surface area contributed by atoms with Gasteiger partial charge in [-0.25, -0.2) is 4.79 Å². The van der Waals surface area contributed by atoms with Crippen LogP contribution in [0.15, 0.2) is 46.9 Å². The van der Waals surface area contributed by atoms with E-state index in [0.29, 0.717) is 22.6 Å². The number of aromatic nitrogens is 1. The minimum absolute atomic E-state index is 0.107. The topological polar surface area (TPSA) is 64.7 Å². The number of carbonyl (C=O) groups is 2. The lowest BCUT2D eigenvalue weighted by Gasteiger charge is -2.16. The Morgan fingerprint density at radius 1 is 1.07 bits per heavy atom. The van der Waals surface area contributed by atoms with E-state index >= 15 is 0 Å². The molecule has 1 amide bonds. The van der Waals surface area contributed by atoms with Crippen LogP contribution < -0.4 is 0 Å². The maximum Gasteiger partial charge on any atom is 0.341 e. The first-order chi connectivity index (χ1) is 13.3. The number of ether oxygens (including phenoxy) is 1. The van der Waals surface area contributed by atoms with Crippen LogP contribution in [0.3, 0.4) is 0 Å². The molecule has 0 saturated heterocycles. The van der Waals surface area contributed by atoms with E-state index in [-0.39, 0.29) is 12.5 Å². The molecule has 0 unspecified atom stereocenters. The van der Waals surface area contributed by atoms with Crippen molar-refractivity contribution >= 4 is 11.9 Å². The largest absolute Gasteiger partial charge is 0.465 e. The van der Waals surface area contributed by atoms with Crippen molar-refractivity contribution in [1.82, 2.24) is 9.47 Å². The standard InChI is InChI=1S/C22H24N2O4/c1-14-11-19(15(2)24(14)17-9-7-6-8-10-17)21(25)23(4)13-18-12-20(16(3)28-18)22(26)27-5/h6-12H,13H2,1-5H3. The summed E-state index contributed by atoms with van der Waals surface area (Å²) in [4.78, 5) is 26.4. The molecule has 3 aromatic rings. The molecule has 0 fully saturated rings. The number of carbonyl (C=O) groups excluding carboxylic acids is 2. The zero-order chi connectivity index (χ0) is 20.4. The quantitative estimate of drug-likeness (QED) is 0.626. The van der Waals surface area contributed by atoms with E-state index in [4.69, 9.17) is 9.15 Å². The van der Waals surface area contributed by atoms with Crippen molar-refractivity contribution in [3.8, 4) is 5.69 Å². The predicted octanol–water partition coefficient (Wildman–Crippen LogP) is 4.05. The average Bonchev–Trinajstić information content (AvgIpc) is 3.19. The lowest BCUT2D eigenvalue weighted by atomic mass is 10.2. The van der Waals surface area contributed by atoms with Crippen LogP contribution in [0, 0.1) is 20.8 Å². The number of esters is 1. The molecule has 0 aliphatic heterocycles. The third-order valence-corrected chi connectivity index (χ3v) is 4.79. The van der Waals surface area contributed by atoms with E-state index in [9.17, 15) is 9.59 Å². The zero-order valence-corrected chi connectivity index (χ0v) is 16.8. The summed E-state index contributed by atoms with van der Waals surface area (Å²) in [5.74, 6) is 0.451. The van der Waals surface area contributed by atoms with E-state index < -0.39 is 5.97 Å². The van der Waals surface area contributed by atoms with Crippen LogP contribution in [-0.2, 0) is 11.3 Å². The van der Waals surface area contributed by atoms with Crippen molar-refractivity contribution in [2.45, 2.75) is 27.3 Å². The van der Waals surface area contributed by atoms with Gasteiger partial charge in [-0.15, -0.1) is 0 Å². The summed E-state index contributed by atoms with van der Waals surface area (Å²) in [7, 11) is 3.04. The van der Waals surface area contributed by atoms with Gasteiger partial charge in [0.2, 0.25) is 0 Å². The third-order valence-electron chi connectivity index (χ3n) is 4.79. The molecule has 146 valence electrons. The molecular formula is C22H24N2O4. The van der Waals surface area contributed by atoms with Crippen LogP contribution in [0.1, 0.15) is 43.6 Å². The van der Waals surface area contributed by atoms with E-state index in [1.165, 1.54) is 7.11 Å². The van der Waals surface area contributed by atoms with Gasteiger partial charge in [0.15, 0.2) is 0 Å². The van der Waals surface area contributed by atoms with Gasteiger partial charge in [0.1, 0.15) is 17.1 Å². The number of nitrogens with zero attached hydrogens (tertiary/aromatic N) is 2. The normalized spacial score (nSPS) is 10.8. The highest BCUT2D eigenvalue weighted by molar-refractivity contribution is 5.96. The van der Waals surface area contributed by atoms with Crippen LogP contribution in [0.2, 0.25) is 0 Å². The molecule has 2 aromatic heterocycles. The molecule has 0 atom stereocenters. The first kappa shape index (κ1) is 19.5. The van der Waals surface area contributed by atoms with Crippen LogP contribution in [-0.4, -0.2) is 35.5 Å². The number of rotatable bonds is 5. The van der Waals surface area contributed by atoms with Crippen molar-refractivity contribution in [1.29, 1.82) is 0 Å². The Morgan fingerprint density at radius 2 is 1.75 bits per heavy atom. The van der Waals surface area contributed by atoms with Crippen molar-refractivity contribution in [3.63, 3.8) is 0 Å². The van der Waals surface area contributed by atoms with Gasteiger partial charge in [-0.3, -0.25) is 4.79 Å². The van der Waals surface area contributed by atoms with Crippen LogP contribution >= 0.6 is 0 Å². The Kier molecular flexibility index (Phi) is 5.40. The lowest BCUT2D eigenvalue weighted by molar-refractivity contribution is 0.0598. The van der Waals surface area contributed by atoms with E-state index in [2.05, 4.69) is 4.57 Å². The van der Waals surface area contributed by atoms with Gasteiger partial charge in [-0.1, -0.05) is 18.2 Å². The molecule has 28 heavy (non-hydrogen) atoms. The number of aryl methyl sites for hydroxylation is 2. The predicted molar refractivity (Wildman–Crippen MR) is 106 cm³/mol. The monoisotopic (exact) mass is 380 g/mol. The Labute approximate surface area is 164 Å². The molecular weight excluding hydrogens is 356 g/mol. The minimum Gasteiger partial charge on any atom is -0.465 e. The van der Waals surface area contributed by atoms with Gasteiger partial charge in [0.25, 0.3) is 5.91 Å². The number of amides is 1. The number of hydrogen-bond acceptors (Lipinski definition) is 4. The molecule has 6 heteroatoms. The minimum atomic E-state index is -0.451. The highest BCUT2D eigenvalue weighted by Gasteiger charge is 2.22. The third kappa shape index (κ3) is 3.58. The summed E-state index contributed by atoms with van der Waals surface area (Å²) >= 11 is 0. The Morgan fingerprint density at radius 3 is 2.39 bits per heavy atom. The Hall–Kier alpha value is -3.28. The average molecular weight is 380 g/mol. The molecule has 0 saturated carbocycles. The fraction of sp³-hybridized carbons (Fsp3) is 0.273. The van der Waals surface area contributed by atoms with Crippen molar-refractivity contribution in [3.05, 3.63) is 76.5 Å². The molecule has 0 N–H and O–H groups in total. The van der Waals surface area contributed by atoms with Crippen molar-refractivity contribution in [2.24, 2.45) is 0 Å². The summed E-state index contributed by atoms with van der Waals surface area (Å²) in [6.45, 7) is 5.87. The van der Waals surface area contributed by atoms with Gasteiger partial charge in [0.05, 0.1) is 19.2 Å². The second-order valence-electron chi connectivity index (χ2n) is 6.79. The summed E-state index contributed by atoms with van der Waals surface area (Å²) in [5.41, 5.74) is 3.90. The molecule has 0 aliphatic rings. The van der Waals surface area contributed by atoms with Gasteiger partial charge in [-0.2, -0.15) is 0 Å². The van der Waals surface area contributed by atoms with Crippen LogP contribution in [0.5, 0.6) is 0 Å². The number of benzene rings is 1. The Balaban J connectivity index is 1.84. The number of para-hydroxylation sites is 1. The summed E-state index contributed by atoms with van der Waals surface area (Å²) in [6.07, 6.45) is 0. The fourth-order valence-corrected chi connectivity index (χ4v) is 3.40. The first-order valence-corrected chi connectivity index (χ1v) is 9.01. The zero-order valence-electron chi connectivity index (χ0n) is 16.8. The molecule has 0 aliphatic carbocycles. The maximum absolute atomic E-state index is 13.0. The van der Waals surface area contributed by atoms with E-state index in [1.807, 2.05) is 50.2 Å². The fourth-order valence-electron chi connectivity index (χ4n) is 3.40. The highest BCUT2D eigenvalue weighted by atomic mass is 16.5. The SMILES string of the molecule is COC(=O)c1cc(CN(C)C(=O)c2cc(C)n(-c3ccccc3)c2C)oc1C. The van der Waals surface area contributed by atoms with Crippen molar-refractivity contribution < 1.29 is 18.7 Å². The van der Waals surface area contributed by atoms with E-state index in [0.717, 1.165) is 17.1 Å². The second kappa shape index (κ2) is 7.76. The molecule has 2 heterocycles. The first-order valence-electron chi connectivity index (χ1n) is 9.01. The van der Waals surface area contributed by atoms with Crippen molar-refractivity contribution in [2.75, 3.05) is 14.2 Å². The lowest BCUT2D eigenvalue weighted by Crippen LogP contribution is -2.26. The molecule has 3 rings (SSSR count). The maximum atomic E-state index is 13.0. The highest BCUT2D eigenvalue weighted by Crippen LogP contribution is 2.23. The Bertz CT molecular complexity index is 1010. The number of methoxy groups -OCH3 is 1. The molecule has 6 nitrogen and oxygen atoms in total. The summed E-state index contributed by atoms with van der Waals surface area (Å²) in [5, 5.41) is 0. The van der Waals surface area contributed by atoms with E-state index in [1.54, 1.807) is 24.9 Å². The molecule has 0 bridgehead atoms. The molecule has 1 aromatic carbocycles. The second-order valence-corrected chi connectivity index (χ2v) is 6.79. The number of furan rings is 1. The summed E-state index contributed by atoms with van der Waals surface area (Å²) < 4.78 is 12.4. The van der Waals surface area contributed by atoms with Gasteiger partial charge >= 0.3 is 5.97 Å². The smallest absolute Gasteiger partial charge is 0.341 e. The van der Waals surface area contributed by atoms with Gasteiger partial charge in [0, 0.05) is 24.1 Å². The van der Waals surface area contributed by atoms with Crippen LogP contribution in [0.4, 0.5) is 0 Å². The molecule has 0 radical (unpaired) electrons. The molecule has 0 spiro atoms. The summed E-state index contributed by atoms with van der Waals surface area (Å²) in [6, 6.07) is 13.5. The number of hydrogen-bond donors (Lipinski definition) is 0. The van der Waals surface area contributed by atoms with Gasteiger partial charge in [-0.05, 0) is 45.0 Å². The van der Waals surface area contributed by atoms with Gasteiger partial charge < -0.3 is 18.6 Å².